The lowest BCUT2D eigenvalue weighted by atomic mass is 9.91. The highest BCUT2D eigenvalue weighted by Gasteiger charge is 2.23. The first-order chi connectivity index (χ1) is 10.1. The molecule has 7 heteroatoms. The third kappa shape index (κ3) is 4.80. The number of nitrogens with two attached hydrogens (primary N) is 1. The average Bonchev–Trinajstić information content (AvgIpc) is 2.99. The van der Waals surface area contributed by atoms with E-state index in [0.29, 0.717) is 17.0 Å². The quantitative estimate of drug-likeness (QED) is 0.715. The largest absolute Gasteiger partial charge is 0.328 e. The molecule has 1 aromatic heterocycles. The predicted octanol–water partition coefficient (Wildman–Crippen LogP) is 0.711. The van der Waals surface area contributed by atoms with Crippen LogP contribution in [-0.2, 0) is 4.79 Å². The number of hydrogen-bond acceptors (Lipinski definition) is 5. The van der Waals surface area contributed by atoms with Crippen LogP contribution in [0.3, 0.4) is 0 Å². The van der Waals surface area contributed by atoms with Crippen molar-refractivity contribution in [3.8, 4) is 0 Å². The summed E-state index contributed by atoms with van der Waals surface area (Å²) in [5.74, 6) is -0.498. The van der Waals surface area contributed by atoms with Gasteiger partial charge in [0.2, 0.25) is 0 Å². The molecule has 0 saturated heterocycles. The zero-order valence-corrected chi connectivity index (χ0v) is 13.0. The van der Waals surface area contributed by atoms with Crippen LogP contribution in [0.1, 0.15) is 35.4 Å². The summed E-state index contributed by atoms with van der Waals surface area (Å²) in [6, 6.07) is 4.20. The molecule has 116 valence electrons. The van der Waals surface area contributed by atoms with Crippen LogP contribution in [0, 0.1) is 0 Å². The van der Waals surface area contributed by atoms with E-state index in [2.05, 4.69) is 10.9 Å². The minimum atomic E-state index is -0.287. The van der Waals surface area contributed by atoms with E-state index in [-0.39, 0.29) is 18.4 Å². The van der Waals surface area contributed by atoms with Gasteiger partial charge in [-0.1, -0.05) is 6.07 Å². The Bertz CT molecular complexity index is 469. The number of amides is 2. The van der Waals surface area contributed by atoms with Crippen LogP contribution >= 0.6 is 11.3 Å². The molecule has 0 radical (unpaired) electrons. The first kappa shape index (κ1) is 15.9. The summed E-state index contributed by atoms with van der Waals surface area (Å²) in [5, 5.41) is 1.82. The Labute approximate surface area is 128 Å². The zero-order chi connectivity index (χ0) is 15.2. The van der Waals surface area contributed by atoms with Gasteiger partial charge in [0, 0.05) is 12.1 Å². The third-order valence-corrected chi connectivity index (χ3v) is 4.69. The molecule has 1 fully saturated rings. The maximum atomic E-state index is 11.8. The molecule has 2 amide bonds. The standard InChI is InChI=1S/C14H22N4O2S/c1-18(11-6-4-10(15)5-7-11)9-13(19)16-17-14(20)12-3-2-8-21-12/h2-3,8,10-11H,4-7,9,15H2,1H3,(H,16,19)(H,17,20). The first-order valence-corrected chi connectivity index (χ1v) is 8.02. The summed E-state index contributed by atoms with van der Waals surface area (Å²) in [5.41, 5.74) is 10.8. The molecule has 0 aliphatic heterocycles. The van der Waals surface area contributed by atoms with E-state index in [0.717, 1.165) is 25.7 Å². The monoisotopic (exact) mass is 310 g/mol. The van der Waals surface area contributed by atoms with Crippen molar-refractivity contribution in [3.63, 3.8) is 0 Å². The fourth-order valence-corrected chi connectivity index (χ4v) is 3.15. The van der Waals surface area contributed by atoms with Gasteiger partial charge in [-0.3, -0.25) is 25.3 Å². The zero-order valence-electron chi connectivity index (χ0n) is 12.2. The summed E-state index contributed by atoms with van der Waals surface area (Å²) in [6.07, 6.45) is 4.05. The molecule has 2 rings (SSSR count). The van der Waals surface area contributed by atoms with Crippen molar-refractivity contribution in [2.24, 2.45) is 5.73 Å². The molecule has 0 unspecified atom stereocenters. The lowest BCUT2D eigenvalue weighted by molar-refractivity contribution is -0.123. The van der Waals surface area contributed by atoms with Crippen molar-refractivity contribution >= 4 is 23.2 Å². The second-order valence-corrected chi connectivity index (χ2v) is 6.41. The minimum absolute atomic E-state index is 0.211. The van der Waals surface area contributed by atoms with Gasteiger partial charge in [-0.05, 0) is 44.2 Å². The molecule has 0 spiro atoms. The molecule has 0 bridgehead atoms. The Kier molecular flexibility index (Phi) is 5.72. The molecule has 1 aromatic rings. The van der Waals surface area contributed by atoms with E-state index in [1.165, 1.54) is 11.3 Å². The van der Waals surface area contributed by atoms with Crippen molar-refractivity contribution < 1.29 is 9.59 Å². The third-order valence-electron chi connectivity index (χ3n) is 3.82. The number of nitrogens with zero attached hydrogens (tertiary/aromatic N) is 1. The van der Waals surface area contributed by atoms with E-state index in [1.54, 1.807) is 12.1 Å². The maximum absolute atomic E-state index is 11.8. The van der Waals surface area contributed by atoms with Crippen molar-refractivity contribution in [2.75, 3.05) is 13.6 Å². The minimum Gasteiger partial charge on any atom is -0.328 e. The molecular weight excluding hydrogens is 288 g/mol. The molecule has 0 aromatic carbocycles. The number of hydrogen-bond donors (Lipinski definition) is 3. The van der Waals surface area contributed by atoms with Gasteiger partial charge < -0.3 is 5.73 Å². The Morgan fingerprint density at radius 1 is 1.33 bits per heavy atom. The first-order valence-electron chi connectivity index (χ1n) is 7.14. The average molecular weight is 310 g/mol. The lowest BCUT2D eigenvalue weighted by Gasteiger charge is -2.32. The van der Waals surface area contributed by atoms with Crippen LogP contribution in [-0.4, -0.2) is 42.4 Å². The summed E-state index contributed by atoms with van der Waals surface area (Å²) < 4.78 is 0. The van der Waals surface area contributed by atoms with Gasteiger partial charge in [0.15, 0.2) is 0 Å². The topological polar surface area (TPSA) is 87.5 Å². The fraction of sp³-hybridized carbons (Fsp3) is 0.571. The Balaban J connectivity index is 1.70. The van der Waals surface area contributed by atoms with E-state index in [4.69, 9.17) is 5.73 Å². The van der Waals surface area contributed by atoms with Crippen LogP contribution in [0.2, 0.25) is 0 Å². The number of rotatable bonds is 4. The van der Waals surface area contributed by atoms with E-state index in [1.807, 2.05) is 17.3 Å². The highest BCUT2D eigenvalue weighted by Crippen LogP contribution is 2.20. The van der Waals surface area contributed by atoms with Crippen molar-refractivity contribution in [3.05, 3.63) is 22.4 Å². The van der Waals surface area contributed by atoms with E-state index < -0.39 is 0 Å². The molecule has 1 saturated carbocycles. The van der Waals surface area contributed by atoms with Crippen molar-refractivity contribution in [2.45, 2.75) is 37.8 Å². The second kappa shape index (κ2) is 7.53. The van der Waals surface area contributed by atoms with Gasteiger partial charge in [0.25, 0.3) is 11.8 Å². The highest BCUT2D eigenvalue weighted by atomic mass is 32.1. The van der Waals surface area contributed by atoms with Gasteiger partial charge in [0.1, 0.15) is 0 Å². The summed E-state index contributed by atoms with van der Waals surface area (Å²) in [6.45, 7) is 0.268. The molecule has 1 aliphatic rings. The normalized spacial score (nSPS) is 22.0. The number of thiophene rings is 1. The van der Waals surface area contributed by atoms with Crippen LogP contribution in [0.4, 0.5) is 0 Å². The fourth-order valence-electron chi connectivity index (χ4n) is 2.53. The number of hydrazine groups is 1. The lowest BCUT2D eigenvalue weighted by Crippen LogP contribution is -2.48. The van der Waals surface area contributed by atoms with E-state index >= 15 is 0 Å². The smallest absolute Gasteiger partial charge is 0.279 e. The molecule has 4 N–H and O–H groups in total. The Hall–Kier alpha value is -1.44. The van der Waals surface area contributed by atoms with Crippen LogP contribution in [0.25, 0.3) is 0 Å². The van der Waals surface area contributed by atoms with Crippen LogP contribution in [0.15, 0.2) is 17.5 Å². The highest BCUT2D eigenvalue weighted by molar-refractivity contribution is 7.12. The maximum Gasteiger partial charge on any atom is 0.279 e. The summed E-state index contributed by atoms with van der Waals surface area (Å²) in [7, 11) is 1.93. The second-order valence-electron chi connectivity index (χ2n) is 5.46. The van der Waals surface area contributed by atoms with Crippen molar-refractivity contribution in [1.29, 1.82) is 0 Å². The van der Waals surface area contributed by atoms with Crippen LogP contribution in [0.5, 0.6) is 0 Å². The van der Waals surface area contributed by atoms with Crippen molar-refractivity contribution in [1.82, 2.24) is 15.8 Å². The molecule has 21 heavy (non-hydrogen) atoms. The molecule has 1 heterocycles. The summed E-state index contributed by atoms with van der Waals surface area (Å²) >= 11 is 1.33. The predicted molar refractivity (Wildman–Crippen MR) is 82.8 cm³/mol. The SMILES string of the molecule is CN(CC(=O)NNC(=O)c1cccs1)C1CCC(N)CC1. The van der Waals surface area contributed by atoms with Crippen LogP contribution < -0.4 is 16.6 Å². The van der Waals surface area contributed by atoms with Gasteiger partial charge in [-0.15, -0.1) is 11.3 Å². The Morgan fingerprint density at radius 2 is 2.05 bits per heavy atom. The molecule has 0 atom stereocenters. The molecular formula is C14H22N4O2S. The number of nitrogens with one attached hydrogen (secondary N) is 2. The van der Waals surface area contributed by atoms with E-state index in [9.17, 15) is 9.59 Å². The number of carbonyl (C=O) groups excluding carboxylic acids is 2. The Morgan fingerprint density at radius 3 is 2.67 bits per heavy atom. The molecule has 1 aliphatic carbocycles. The van der Waals surface area contributed by atoms with Gasteiger partial charge in [0.05, 0.1) is 11.4 Å². The van der Waals surface area contributed by atoms with Gasteiger partial charge >= 0.3 is 0 Å². The number of carbonyl (C=O) groups is 2. The summed E-state index contributed by atoms with van der Waals surface area (Å²) in [4.78, 5) is 26.1. The molecule has 6 nitrogen and oxygen atoms in total. The van der Waals surface area contributed by atoms with Gasteiger partial charge in [-0.2, -0.15) is 0 Å². The van der Waals surface area contributed by atoms with Gasteiger partial charge in [-0.25, -0.2) is 0 Å². The number of likely N-dealkylation sites (N-methyl/N-ethyl adjacent to an activating group) is 1.